The second-order valence-corrected chi connectivity index (χ2v) is 4.51. The molecule has 0 bridgehead atoms. The Morgan fingerprint density at radius 3 is 2.33 bits per heavy atom. The van der Waals surface area contributed by atoms with Crippen molar-refractivity contribution in [2.24, 2.45) is 0 Å². The van der Waals surface area contributed by atoms with Crippen LogP contribution in [0.25, 0.3) is 22.2 Å². The fourth-order valence-electron chi connectivity index (χ4n) is 2.13. The molecule has 2 aromatic carbocycles. The van der Waals surface area contributed by atoms with E-state index in [1.807, 2.05) is 0 Å². The molecule has 1 heterocycles. The van der Waals surface area contributed by atoms with Gasteiger partial charge in [-0.25, -0.2) is 18.6 Å². The maximum Gasteiger partial charge on any atom is 0.335 e. The average Bonchev–Trinajstić information content (AvgIpc) is 2.46. The highest BCUT2D eigenvalue weighted by Crippen LogP contribution is 2.26. The fourth-order valence-corrected chi connectivity index (χ4v) is 2.13. The summed E-state index contributed by atoms with van der Waals surface area (Å²) in [7, 11) is 0. The van der Waals surface area contributed by atoms with E-state index in [4.69, 9.17) is 5.11 Å². The quantitative estimate of drug-likeness (QED) is 0.777. The molecule has 0 unspecified atom stereocenters. The highest BCUT2D eigenvalue weighted by atomic mass is 19.1. The number of halogens is 2. The molecule has 5 heteroatoms. The van der Waals surface area contributed by atoms with Crippen molar-refractivity contribution in [3.05, 3.63) is 65.7 Å². The zero-order valence-electron chi connectivity index (χ0n) is 10.7. The third kappa shape index (κ3) is 2.33. The number of aromatic carboxylic acids is 1. The lowest BCUT2D eigenvalue weighted by atomic mass is 10.1. The van der Waals surface area contributed by atoms with E-state index in [1.165, 1.54) is 24.3 Å². The van der Waals surface area contributed by atoms with E-state index in [0.29, 0.717) is 10.9 Å². The lowest BCUT2D eigenvalue weighted by molar-refractivity contribution is 0.0697. The van der Waals surface area contributed by atoms with E-state index in [0.717, 1.165) is 12.1 Å². The number of carboxylic acid groups (broad SMARTS) is 1. The van der Waals surface area contributed by atoms with Gasteiger partial charge in [-0.1, -0.05) is 18.2 Å². The van der Waals surface area contributed by atoms with E-state index in [9.17, 15) is 13.6 Å². The predicted molar refractivity (Wildman–Crippen MR) is 74.1 cm³/mol. The second kappa shape index (κ2) is 4.94. The topological polar surface area (TPSA) is 50.2 Å². The summed E-state index contributed by atoms with van der Waals surface area (Å²) in [5.41, 5.74) is 0.344. The normalized spacial score (nSPS) is 10.8. The molecule has 0 aliphatic heterocycles. The van der Waals surface area contributed by atoms with E-state index < -0.39 is 17.6 Å². The summed E-state index contributed by atoms with van der Waals surface area (Å²) in [5.74, 6) is -2.51. The Kier molecular flexibility index (Phi) is 3.10. The van der Waals surface area contributed by atoms with Crippen molar-refractivity contribution in [1.29, 1.82) is 0 Å². The van der Waals surface area contributed by atoms with Crippen molar-refractivity contribution >= 4 is 16.9 Å². The number of benzene rings is 2. The van der Waals surface area contributed by atoms with Gasteiger partial charge in [-0.3, -0.25) is 0 Å². The van der Waals surface area contributed by atoms with Gasteiger partial charge in [0, 0.05) is 5.39 Å². The summed E-state index contributed by atoms with van der Waals surface area (Å²) in [6.07, 6.45) is 0. The molecule has 0 spiro atoms. The first-order valence-electron chi connectivity index (χ1n) is 6.15. The summed E-state index contributed by atoms with van der Waals surface area (Å²) in [4.78, 5) is 15.1. The van der Waals surface area contributed by atoms with Gasteiger partial charge in [0.1, 0.15) is 11.6 Å². The average molecular weight is 285 g/mol. The van der Waals surface area contributed by atoms with Gasteiger partial charge in [0.25, 0.3) is 0 Å². The molecular formula is C16H9F2NO2. The number of carbonyl (C=O) groups is 1. The van der Waals surface area contributed by atoms with E-state index in [-0.39, 0.29) is 16.8 Å². The highest BCUT2D eigenvalue weighted by molar-refractivity contribution is 5.93. The van der Waals surface area contributed by atoms with Crippen LogP contribution in [0.5, 0.6) is 0 Å². The van der Waals surface area contributed by atoms with Crippen LogP contribution in [0.2, 0.25) is 0 Å². The summed E-state index contributed by atoms with van der Waals surface area (Å²) < 4.78 is 27.5. The summed E-state index contributed by atoms with van der Waals surface area (Å²) in [5, 5.41) is 9.67. The summed E-state index contributed by atoms with van der Waals surface area (Å²) in [6, 6.07) is 11.2. The number of fused-ring (bicyclic) bond motifs is 1. The van der Waals surface area contributed by atoms with Crippen LogP contribution in [0.3, 0.4) is 0 Å². The van der Waals surface area contributed by atoms with Gasteiger partial charge in [0.2, 0.25) is 0 Å². The van der Waals surface area contributed by atoms with E-state index >= 15 is 0 Å². The summed E-state index contributed by atoms with van der Waals surface area (Å²) >= 11 is 0. The van der Waals surface area contributed by atoms with Crippen molar-refractivity contribution in [3.8, 4) is 11.3 Å². The smallest absolute Gasteiger partial charge is 0.335 e. The van der Waals surface area contributed by atoms with Crippen LogP contribution in [0, 0.1) is 11.6 Å². The number of aromatic nitrogens is 1. The molecule has 0 radical (unpaired) electrons. The Balaban J connectivity index is 2.23. The van der Waals surface area contributed by atoms with Gasteiger partial charge in [-0.05, 0) is 30.3 Å². The third-order valence-corrected chi connectivity index (χ3v) is 3.16. The Hall–Kier alpha value is -2.82. The zero-order chi connectivity index (χ0) is 15.0. The molecule has 0 aliphatic carbocycles. The molecule has 3 aromatic rings. The van der Waals surface area contributed by atoms with Gasteiger partial charge < -0.3 is 5.11 Å². The van der Waals surface area contributed by atoms with Gasteiger partial charge >= 0.3 is 5.97 Å². The van der Waals surface area contributed by atoms with Crippen LogP contribution in [0.4, 0.5) is 8.78 Å². The number of carboxylic acids is 1. The van der Waals surface area contributed by atoms with Crippen molar-refractivity contribution in [3.63, 3.8) is 0 Å². The molecular weight excluding hydrogens is 276 g/mol. The number of nitrogens with zero attached hydrogens (tertiary/aromatic N) is 1. The minimum Gasteiger partial charge on any atom is -0.478 e. The Bertz CT molecular complexity index is 842. The first-order valence-corrected chi connectivity index (χ1v) is 6.15. The summed E-state index contributed by atoms with van der Waals surface area (Å²) in [6.45, 7) is 0. The lowest BCUT2D eigenvalue weighted by Gasteiger charge is -2.06. The number of pyridine rings is 1. The Labute approximate surface area is 118 Å². The number of hydrogen-bond acceptors (Lipinski definition) is 2. The predicted octanol–water partition coefficient (Wildman–Crippen LogP) is 3.88. The first-order chi connectivity index (χ1) is 10.1. The molecule has 1 aromatic heterocycles. The van der Waals surface area contributed by atoms with E-state index in [2.05, 4.69) is 4.98 Å². The van der Waals surface area contributed by atoms with Crippen molar-refractivity contribution in [2.45, 2.75) is 0 Å². The molecule has 0 saturated carbocycles. The molecule has 0 saturated heterocycles. The number of hydrogen-bond donors (Lipinski definition) is 1. The standard InChI is InChI=1S/C16H9F2NO2/c17-11-2-1-3-12(18)15(11)13-7-6-9-4-5-10(16(20)21)8-14(9)19-13/h1-8H,(H,20,21). The molecule has 3 nitrogen and oxygen atoms in total. The van der Waals surface area contributed by atoms with E-state index in [1.54, 1.807) is 12.1 Å². The van der Waals surface area contributed by atoms with Gasteiger partial charge in [0.05, 0.1) is 22.3 Å². The monoisotopic (exact) mass is 285 g/mol. The zero-order valence-corrected chi connectivity index (χ0v) is 10.7. The van der Waals surface area contributed by atoms with Gasteiger partial charge in [0.15, 0.2) is 0 Å². The minimum atomic E-state index is -1.08. The maximum atomic E-state index is 13.8. The molecule has 104 valence electrons. The maximum absolute atomic E-state index is 13.8. The number of rotatable bonds is 2. The van der Waals surface area contributed by atoms with Crippen LogP contribution in [-0.4, -0.2) is 16.1 Å². The SMILES string of the molecule is O=C(O)c1ccc2ccc(-c3c(F)cccc3F)nc2c1. The molecule has 3 rings (SSSR count). The van der Waals surface area contributed by atoms with Gasteiger partial charge in [-0.2, -0.15) is 0 Å². The molecule has 0 aliphatic rings. The third-order valence-electron chi connectivity index (χ3n) is 3.16. The molecule has 0 atom stereocenters. The molecule has 1 N–H and O–H groups in total. The minimum absolute atomic E-state index is 0.0705. The molecule has 21 heavy (non-hydrogen) atoms. The van der Waals surface area contributed by atoms with Gasteiger partial charge in [-0.15, -0.1) is 0 Å². The first kappa shape index (κ1) is 13.2. The highest BCUT2D eigenvalue weighted by Gasteiger charge is 2.13. The van der Waals surface area contributed by atoms with Crippen LogP contribution >= 0.6 is 0 Å². The lowest BCUT2D eigenvalue weighted by Crippen LogP contribution is -1.97. The van der Waals surface area contributed by atoms with Crippen LogP contribution < -0.4 is 0 Å². The second-order valence-electron chi connectivity index (χ2n) is 4.51. The Morgan fingerprint density at radius 1 is 1.00 bits per heavy atom. The largest absolute Gasteiger partial charge is 0.478 e. The van der Waals surface area contributed by atoms with Crippen molar-refractivity contribution in [2.75, 3.05) is 0 Å². The van der Waals surface area contributed by atoms with Crippen LogP contribution in [0.1, 0.15) is 10.4 Å². The molecule has 0 fully saturated rings. The fraction of sp³-hybridized carbons (Fsp3) is 0. The molecule has 0 amide bonds. The van der Waals surface area contributed by atoms with Crippen molar-refractivity contribution in [1.82, 2.24) is 4.98 Å². The Morgan fingerprint density at radius 2 is 1.67 bits per heavy atom. The van der Waals surface area contributed by atoms with Crippen LogP contribution in [0.15, 0.2) is 48.5 Å². The van der Waals surface area contributed by atoms with Crippen LogP contribution in [-0.2, 0) is 0 Å². The van der Waals surface area contributed by atoms with Crippen molar-refractivity contribution < 1.29 is 18.7 Å².